The minimum atomic E-state index is 0.793. The first-order chi connectivity index (χ1) is 8.22. The smallest absolute Gasteiger partial charge is 0.119 e. The maximum absolute atomic E-state index is 5.54. The van der Waals surface area contributed by atoms with Gasteiger partial charge in [-0.15, -0.1) is 0 Å². The van der Waals surface area contributed by atoms with Crippen LogP contribution in [0.2, 0.25) is 0 Å². The molecule has 1 aromatic carbocycles. The van der Waals surface area contributed by atoms with Crippen LogP contribution in [0.15, 0.2) is 24.3 Å². The fourth-order valence-corrected chi connectivity index (χ4v) is 1.63. The van der Waals surface area contributed by atoms with Gasteiger partial charge in [-0.3, -0.25) is 0 Å². The van der Waals surface area contributed by atoms with Crippen LogP contribution in [0.4, 0.5) is 5.69 Å². The molecule has 0 aromatic heterocycles. The van der Waals surface area contributed by atoms with E-state index in [-0.39, 0.29) is 0 Å². The lowest BCUT2D eigenvalue weighted by Gasteiger charge is -2.09. The molecule has 2 nitrogen and oxygen atoms in total. The predicted octanol–water partition coefficient (Wildman–Crippen LogP) is 4.32. The summed E-state index contributed by atoms with van der Waals surface area (Å²) in [6.07, 6.45) is 3.56. The fourth-order valence-electron chi connectivity index (χ4n) is 1.63. The molecular formula is C15H25NO. The van der Waals surface area contributed by atoms with E-state index in [9.17, 15) is 0 Å². The standard InChI is InChI=1S/C15H25NO/c1-4-12-17-15-9-7-14(8-10-15)16-11-5-6-13(2)3/h7-10,13,16H,4-6,11-12H2,1-3H3. The second-order valence-corrected chi connectivity index (χ2v) is 4.84. The van der Waals surface area contributed by atoms with Gasteiger partial charge >= 0.3 is 0 Å². The molecule has 0 aliphatic rings. The molecule has 0 aliphatic carbocycles. The Balaban J connectivity index is 2.25. The summed E-state index contributed by atoms with van der Waals surface area (Å²) in [6, 6.07) is 8.22. The molecule has 0 unspecified atom stereocenters. The Morgan fingerprint density at radius 1 is 1.18 bits per heavy atom. The van der Waals surface area contributed by atoms with Gasteiger partial charge in [-0.25, -0.2) is 0 Å². The molecule has 0 fully saturated rings. The average Bonchev–Trinajstić information content (AvgIpc) is 2.33. The number of anilines is 1. The van der Waals surface area contributed by atoms with Gasteiger partial charge in [0.25, 0.3) is 0 Å². The monoisotopic (exact) mass is 235 g/mol. The summed E-state index contributed by atoms with van der Waals surface area (Å²) in [5, 5.41) is 3.43. The van der Waals surface area contributed by atoms with Gasteiger partial charge in [0, 0.05) is 12.2 Å². The largest absolute Gasteiger partial charge is 0.494 e. The van der Waals surface area contributed by atoms with Crippen LogP contribution in [-0.4, -0.2) is 13.2 Å². The molecule has 1 rings (SSSR count). The summed E-state index contributed by atoms with van der Waals surface area (Å²) < 4.78 is 5.54. The van der Waals surface area contributed by atoms with Crippen molar-refractivity contribution in [2.45, 2.75) is 40.0 Å². The van der Waals surface area contributed by atoms with Gasteiger partial charge in [0.2, 0.25) is 0 Å². The summed E-state index contributed by atoms with van der Waals surface area (Å²) in [4.78, 5) is 0. The van der Waals surface area contributed by atoms with Crippen LogP contribution in [0.3, 0.4) is 0 Å². The lowest BCUT2D eigenvalue weighted by Crippen LogP contribution is -2.03. The van der Waals surface area contributed by atoms with E-state index in [1.165, 1.54) is 18.5 Å². The summed E-state index contributed by atoms with van der Waals surface area (Å²) in [5.41, 5.74) is 1.18. The molecular weight excluding hydrogens is 210 g/mol. The Bertz CT molecular complexity index is 292. The SMILES string of the molecule is CCCOc1ccc(NCCCC(C)C)cc1. The Morgan fingerprint density at radius 2 is 1.88 bits per heavy atom. The van der Waals surface area contributed by atoms with E-state index in [0.717, 1.165) is 31.2 Å². The van der Waals surface area contributed by atoms with Gasteiger partial charge in [-0.05, 0) is 49.4 Å². The van der Waals surface area contributed by atoms with E-state index in [2.05, 4.69) is 38.2 Å². The molecule has 0 spiro atoms. The molecule has 17 heavy (non-hydrogen) atoms. The predicted molar refractivity (Wildman–Crippen MR) is 74.8 cm³/mol. The molecule has 1 N–H and O–H groups in total. The van der Waals surface area contributed by atoms with E-state index in [1.54, 1.807) is 0 Å². The van der Waals surface area contributed by atoms with E-state index in [0.29, 0.717) is 0 Å². The molecule has 96 valence electrons. The van der Waals surface area contributed by atoms with Crippen LogP contribution in [0.5, 0.6) is 5.75 Å². The van der Waals surface area contributed by atoms with Crippen molar-refractivity contribution in [2.75, 3.05) is 18.5 Å². The lowest BCUT2D eigenvalue weighted by atomic mass is 10.1. The number of ether oxygens (including phenoxy) is 1. The first kappa shape index (κ1) is 13.9. The number of hydrogen-bond acceptors (Lipinski definition) is 2. The van der Waals surface area contributed by atoms with Gasteiger partial charge in [0.15, 0.2) is 0 Å². The Morgan fingerprint density at radius 3 is 2.47 bits per heavy atom. The van der Waals surface area contributed by atoms with Crippen molar-refractivity contribution in [3.63, 3.8) is 0 Å². The highest BCUT2D eigenvalue weighted by molar-refractivity contribution is 5.46. The van der Waals surface area contributed by atoms with Crippen LogP contribution in [-0.2, 0) is 0 Å². The van der Waals surface area contributed by atoms with Gasteiger partial charge in [-0.1, -0.05) is 20.8 Å². The van der Waals surface area contributed by atoms with Crippen LogP contribution in [0, 0.1) is 5.92 Å². The van der Waals surface area contributed by atoms with E-state index < -0.39 is 0 Å². The van der Waals surface area contributed by atoms with Crippen molar-refractivity contribution in [2.24, 2.45) is 5.92 Å². The average molecular weight is 235 g/mol. The second kappa shape index (κ2) is 7.99. The third kappa shape index (κ3) is 6.20. The van der Waals surface area contributed by atoms with Crippen LogP contribution in [0.25, 0.3) is 0 Å². The molecule has 0 bridgehead atoms. The first-order valence-electron chi connectivity index (χ1n) is 6.69. The second-order valence-electron chi connectivity index (χ2n) is 4.84. The first-order valence-corrected chi connectivity index (χ1v) is 6.69. The molecule has 0 heterocycles. The molecule has 2 heteroatoms. The van der Waals surface area contributed by atoms with Crippen molar-refractivity contribution in [3.8, 4) is 5.75 Å². The Labute approximate surface area is 105 Å². The number of benzene rings is 1. The van der Waals surface area contributed by atoms with Crippen molar-refractivity contribution >= 4 is 5.69 Å². The van der Waals surface area contributed by atoms with Gasteiger partial charge in [0.1, 0.15) is 5.75 Å². The maximum Gasteiger partial charge on any atom is 0.119 e. The highest BCUT2D eigenvalue weighted by Gasteiger charge is 1.96. The summed E-state index contributed by atoms with van der Waals surface area (Å²) in [7, 11) is 0. The summed E-state index contributed by atoms with van der Waals surface area (Å²) in [5.74, 6) is 1.75. The quantitative estimate of drug-likeness (QED) is 0.677. The van der Waals surface area contributed by atoms with Crippen molar-refractivity contribution in [1.29, 1.82) is 0 Å². The lowest BCUT2D eigenvalue weighted by molar-refractivity contribution is 0.317. The zero-order chi connectivity index (χ0) is 12.5. The normalized spacial score (nSPS) is 10.6. The van der Waals surface area contributed by atoms with E-state index in [1.807, 2.05) is 12.1 Å². The molecule has 0 radical (unpaired) electrons. The number of rotatable bonds is 8. The topological polar surface area (TPSA) is 21.3 Å². The highest BCUT2D eigenvalue weighted by Crippen LogP contribution is 2.16. The molecule has 0 saturated heterocycles. The van der Waals surface area contributed by atoms with Crippen molar-refractivity contribution in [1.82, 2.24) is 0 Å². The summed E-state index contributed by atoms with van der Waals surface area (Å²) >= 11 is 0. The molecule has 0 aliphatic heterocycles. The third-order valence-electron chi connectivity index (χ3n) is 2.61. The zero-order valence-electron chi connectivity index (χ0n) is 11.3. The van der Waals surface area contributed by atoms with E-state index in [4.69, 9.17) is 4.74 Å². The molecule has 0 atom stereocenters. The van der Waals surface area contributed by atoms with Crippen molar-refractivity contribution in [3.05, 3.63) is 24.3 Å². The molecule has 1 aromatic rings. The van der Waals surface area contributed by atoms with Crippen LogP contribution >= 0.6 is 0 Å². The Hall–Kier alpha value is -1.18. The molecule has 0 saturated carbocycles. The van der Waals surface area contributed by atoms with Crippen molar-refractivity contribution < 1.29 is 4.74 Å². The Kier molecular flexibility index (Phi) is 6.53. The fraction of sp³-hybridized carbons (Fsp3) is 0.600. The number of hydrogen-bond donors (Lipinski definition) is 1. The minimum Gasteiger partial charge on any atom is -0.494 e. The summed E-state index contributed by atoms with van der Waals surface area (Å²) in [6.45, 7) is 8.49. The third-order valence-corrected chi connectivity index (χ3v) is 2.61. The molecule has 0 amide bonds. The van der Waals surface area contributed by atoms with Gasteiger partial charge < -0.3 is 10.1 Å². The van der Waals surface area contributed by atoms with Gasteiger partial charge in [-0.2, -0.15) is 0 Å². The maximum atomic E-state index is 5.54. The zero-order valence-corrected chi connectivity index (χ0v) is 11.3. The highest BCUT2D eigenvalue weighted by atomic mass is 16.5. The number of nitrogens with one attached hydrogen (secondary N) is 1. The van der Waals surface area contributed by atoms with Crippen LogP contribution < -0.4 is 10.1 Å². The van der Waals surface area contributed by atoms with E-state index >= 15 is 0 Å². The van der Waals surface area contributed by atoms with Crippen LogP contribution in [0.1, 0.15) is 40.0 Å². The minimum absolute atomic E-state index is 0.793. The van der Waals surface area contributed by atoms with Gasteiger partial charge in [0.05, 0.1) is 6.61 Å².